The van der Waals surface area contributed by atoms with Gasteiger partial charge in [0.25, 0.3) is 0 Å². The minimum absolute atomic E-state index is 0.0895. The standard InChI is InChI=1S/C44H73O11P.C16H36N/c1-3-5-6-7-8-9-10-11-12-13-14-15-16-17-18-19-22-51-41-33-40(38-56(45,46)55-4-2)34-42(36-41)54-37-39-20-21-43-44(35-39)53-32-30-50-28-26-48-24-23-47-25-27-49-29-31-52-43;1-5-9-13-17(14-10-6-2,15-11-7-3)16-12-8-4/h20-21,33-36H,3-19,22-32,37-38H2,1-2H3,(H,45,46);5-16H2,1-4H3/q;+1/p-1. The Labute approximate surface area is 446 Å². The van der Waals surface area contributed by atoms with E-state index in [9.17, 15) is 9.46 Å². The number of quaternary nitrogens is 1. The maximum atomic E-state index is 12.6. The average molecular weight is 1050 g/mol. The molecule has 3 rings (SSSR count). The molecular weight excluding hydrogens is 942 g/mol. The molecule has 1 heterocycles. The van der Waals surface area contributed by atoms with Crippen molar-refractivity contribution in [1.82, 2.24) is 0 Å². The van der Waals surface area contributed by atoms with Gasteiger partial charge in [-0.2, -0.15) is 0 Å². The van der Waals surface area contributed by atoms with Crippen molar-refractivity contribution in [3.05, 3.63) is 47.5 Å². The molecule has 1 unspecified atom stereocenters. The molecule has 0 radical (unpaired) electrons. The van der Waals surface area contributed by atoms with Gasteiger partial charge in [0.05, 0.1) is 92.2 Å². The van der Waals surface area contributed by atoms with Crippen LogP contribution in [0.15, 0.2) is 36.4 Å². The van der Waals surface area contributed by atoms with Gasteiger partial charge < -0.3 is 56.4 Å². The third kappa shape index (κ3) is 35.5. The van der Waals surface area contributed by atoms with Crippen molar-refractivity contribution in [1.29, 1.82) is 0 Å². The molecule has 2 aromatic carbocycles. The number of benzene rings is 2. The average Bonchev–Trinajstić information content (AvgIpc) is 3.38. The van der Waals surface area contributed by atoms with Crippen LogP contribution in [0.4, 0.5) is 0 Å². The summed E-state index contributed by atoms with van der Waals surface area (Å²) in [6.07, 6.45) is 31.8. The summed E-state index contributed by atoms with van der Waals surface area (Å²) in [4.78, 5) is 12.6. The number of nitrogens with zero attached hydrogens (tertiary/aromatic N) is 1. The molecule has 1 aliphatic heterocycles. The van der Waals surface area contributed by atoms with Crippen LogP contribution in [0.25, 0.3) is 0 Å². The Morgan fingerprint density at radius 3 is 1.29 bits per heavy atom. The molecule has 0 aliphatic carbocycles. The predicted molar refractivity (Wildman–Crippen MR) is 299 cm³/mol. The second kappa shape index (κ2) is 45.8. The largest absolute Gasteiger partial charge is 0.778 e. The highest BCUT2D eigenvalue weighted by atomic mass is 31.2. The van der Waals surface area contributed by atoms with Crippen molar-refractivity contribution in [3.8, 4) is 23.0 Å². The lowest BCUT2D eigenvalue weighted by Gasteiger charge is -2.39. The van der Waals surface area contributed by atoms with Gasteiger partial charge in [-0.05, 0) is 74.4 Å². The van der Waals surface area contributed by atoms with Crippen molar-refractivity contribution in [2.45, 2.75) is 208 Å². The molecule has 12 nitrogen and oxygen atoms in total. The van der Waals surface area contributed by atoms with E-state index >= 15 is 0 Å². The molecule has 13 heteroatoms. The Bertz CT molecular complexity index is 1580. The van der Waals surface area contributed by atoms with Gasteiger partial charge in [-0.15, -0.1) is 0 Å². The third-order valence-electron chi connectivity index (χ3n) is 13.4. The first kappa shape index (κ1) is 66.7. The van der Waals surface area contributed by atoms with Gasteiger partial charge in [0.2, 0.25) is 0 Å². The van der Waals surface area contributed by atoms with Crippen LogP contribution in [0.1, 0.15) is 207 Å². The fourth-order valence-corrected chi connectivity index (χ4v) is 10.2. The molecule has 0 saturated heterocycles. The normalized spacial score (nSPS) is 15.1. The Morgan fingerprint density at radius 1 is 0.452 bits per heavy atom. The molecular formula is C60H108NO11P. The molecule has 0 spiro atoms. The number of unbranched alkanes of at least 4 members (excludes halogenated alkanes) is 19. The van der Waals surface area contributed by atoms with Gasteiger partial charge in [0.15, 0.2) is 11.5 Å². The summed E-state index contributed by atoms with van der Waals surface area (Å²) in [5.41, 5.74) is 1.40. The first-order valence-electron chi connectivity index (χ1n) is 29.6. The van der Waals surface area contributed by atoms with Crippen LogP contribution in [0.3, 0.4) is 0 Å². The van der Waals surface area contributed by atoms with E-state index in [4.69, 9.17) is 42.4 Å². The summed E-state index contributed by atoms with van der Waals surface area (Å²) >= 11 is 0. The summed E-state index contributed by atoms with van der Waals surface area (Å²) < 4.78 is 65.7. The lowest BCUT2D eigenvalue weighted by atomic mass is 10.0. The van der Waals surface area contributed by atoms with Crippen LogP contribution < -0.4 is 23.8 Å². The van der Waals surface area contributed by atoms with Crippen molar-refractivity contribution < 1.29 is 56.4 Å². The number of rotatable bonds is 37. The minimum Gasteiger partial charge on any atom is -0.778 e. The van der Waals surface area contributed by atoms with Crippen LogP contribution in [-0.4, -0.2) is 110 Å². The molecule has 0 aromatic heterocycles. The second-order valence-electron chi connectivity index (χ2n) is 20.0. The summed E-state index contributed by atoms with van der Waals surface area (Å²) in [5.74, 6) is 2.24. The second-order valence-corrected chi connectivity index (χ2v) is 21.8. The van der Waals surface area contributed by atoms with E-state index < -0.39 is 7.60 Å². The summed E-state index contributed by atoms with van der Waals surface area (Å²) in [6, 6.07) is 10.9. The molecule has 1 aliphatic rings. The van der Waals surface area contributed by atoms with Crippen LogP contribution in [0, 0.1) is 0 Å². The van der Waals surface area contributed by atoms with E-state index in [-0.39, 0.29) is 19.4 Å². The van der Waals surface area contributed by atoms with Crippen LogP contribution in [0.2, 0.25) is 0 Å². The SMILES string of the molecule is CCCCCCCCCCCCCCCCCCOc1cc(CP(=O)([O-])OCC)cc(OCc2ccc3c(c2)OCCOCCOCCOCCOCCO3)c1.CCCC[N+](CCCC)(CCCC)CCCC. The zero-order valence-electron chi connectivity index (χ0n) is 47.5. The van der Waals surface area contributed by atoms with E-state index in [1.165, 1.54) is 172 Å². The van der Waals surface area contributed by atoms with E-state index in [2.05, 4.69) is 34.6 Å². The maximum absolute atomic E-state index is 12.6. The molecule has 0 N–H and O–H groups in total. The number of ether oxygens (including phenoxy) is 8. The van der Waals surface area contributed by atoms with Crippen molar-refractivity contribution in [2.24, 2.45) is 0 Å². The zero-order chi connectivity index (χ0) is 52.8. The van der Waals surface area contributed by atoms with Crippen LogP contribution in [0.5, 0.6) is 23.0 Å². The highest BCUT2D eigenvalue weighted by Crippen LogP contribution is 2.42. The van der Waals surface area contributed by atoms with E-state index in [0.717, 1.165) is 18.4 Å². The van der Waals surface area contributed by atoms with Gasteiger partial charge in [-0.25, -0.2) is 0 Å². The smallest absolute Gasteiger partial charge is 0.161 e. The lowest BCUT2D eigenvalue weighted by Crippen LogP contribution is -2.50. The van der Waals surface area contributed by atoms with Crippen molar-refractivity contribution in [2.75, 3.05) is 105 Å². The monoisotopic (exact) mass is 1050 g/mol. The number of fused-ring (bicyclic) bond motifs is 1. The number of hydrogen-bond acceptors (Lipinski definition) is 11. The molecule has 2 aromatic rings. The fraction of sp³-hybridized carbons (Fsp3) is 0.800. The van der Waals surface area contributed by atoms with Gasteiger partial charge in [0, 0.05) is 12.2 Å². The summed E-state index contributed by atoms with van der Waals surface area (Å²) in [5, 5.41) is 0. The van der Waals surface area contributed by atoms with Gasteiger partial charge in [-0.3, -0.25) is 0 Å². The van der Waals surface area contributed by atoms with E-state index in [1.54, 1.807) is 19.1 Å². The third-order valence-corrected chi connectivity index (χ3v) is 14.8. The summed E-state index contributed by atoms with van der Waals surface area (Å²) in [7, 11) is -4.07. The molecule has 73 heavy (non-hydrogen) atoms. The zero-order valence-corrected chi connectivity index (χ0v) is 48.4. The molecule has 0 saturated carbocycles. The van der Waals surface area contributed by atoms with Crippen LogP contribution in [-0.2, 0) is 40.8 Å². The van der Waals surface area contributed by atoms with Gasteiger partial charge in [-0.1, -0.05) is 163 Å². The quantitative estimate of drug-likeness (QED) is 0.0365. The van der Waals surface area contributed by atoms with Crippen molar-refractivity contribution in [3.63, 3.8) is 0 Å². The fourth-order valence-electron chi connectivity index (χ4n) is 9.06. The highest BCUT2D eigenvalue weighted by Gasteiger charge is 2.25. The minimum atomic E-state index is -4.07. The number of hydrogen-bond donors (Lipinski definition) is 0. The predicted octanol–water partition coefficient (Wildman–Crippen LogP) is 14.8. The molecule has 0 bridgehead atoms. The maximum Gasteiger partial charge on any atom is 0.161 e. The molecule has 0 fully saturated rings. The Kier molecular flexibility index (Phi) is 41.8. The topological polar surface area (TPSA) is 123 Å². The Morgan fingerprint density at radius 2 is 0.849 bits per heavy atom. The Balaban J connectivity index is 0.000000912. The first-order chi connectivity index (χ1) is 35.7. The van der Waals surface area contributed by atoms with Gasteiger partial charge in [0.1, 0.15) is 38.9 Å². The Hall–Kier alpha value is -2.41. The van der Waals surface area contributed by atoms with E-state index in [1.807, 2.05) is 24.3 Å². The molecule has 0 amide bonds. The summed E-state index contributed by atoms with van der Waals surface area (Å²) in [6.45, 7) is 24.2. The van der Waals surface area contributed by atoms with E-state index in [0.29, 0.717) is 101 Å². The van der Waals surface area contributed by atoms with Crippen LogP contribution >= 0.6 is 7.60 Å². The van der Waals surface area contributed by atoms with Crippen molar-refractivity contribution >= 4 is 7.60 Å². The molecule has 1 atom stereocenters. The highest BCUT2D eigenvalue weighted by molar-refractivity contribution is 7.50. The molecule has 424 valence electrons. The lowest BCUT2D eigenvalue weighted by molar-refractivity contribution is -0.929. The first-order valence-corrected chi connectivity index (χ1v) is 31.3. The van der Waals surface area contributed by atoms with Gasteiger partial charge >= 0.3 is 0 Å².